The highest BCUT2D eigenvalue weighted by Crippen LogP contribution is 2.20. The number of likely N-dealkylation sites (tertiary alicyclic amines) is 2. The van der Waals surface area contributed by atoms with Gasteiger partial charge in [-0.2, -0.15) is 0 Å². The van der Waals surface area contributed by atoms with Gasteiger partial charge in [-0.1, -0.05) is 0 Å². The van der Waals surface area contributed by atoms with Gasteiger partial charge in [0.1, 0.15) is 0 Å². The van der Waals surface area contributed by atoms with Gasteiger partial charge < -0.3 is 29.3 Å². The second kappa shape index (κ2) is 13.5. The predicted molar refractivity (Wildman–Crippen MR) is 121 cm³/mol. The molecule has 0 saturated carbocycles. The molecule has 174 valence electrons. The monoisotopic (exact) mass is 424 g/mol. The number of piperidine rings is 2. The van der Waals surface area contributed by atoms with E-state index in [-0.39, 0.29) is 0 Å². The number of nitrogens with zero attached hydrogens (tertiary/aromatic N) is 3. The van der Waals surface area contributed by atoms with Crippen molar-refractivity contribution < 1.29 is 14.2 Å². The van der Waals surface area contributed by atoms with Crippen molar-refractivity contribution in [3.8, 4) is 0 Å². The van der Waals surface area contributed by atoms with Gasteiger partial charge in [0.2, 0.25) is 0 Å². The Bertz CT molecular complexity index is 483. The molecule has 0 radical (unpaired) electrons. The largest absolute Gasteiger partial charge is 0.383 e. The highest BCUT2D eigenvalue weighted by molar-refractivity contribution is 5.80. The Labute approximate surface area is 183 Å². The zero-order valence-corrected chi connectivity index (χ0v) is 19.3. The van der Waals surface area contributed by atoms with Crippen LogP contribution in [-0.4, -0.2) is 101 Å². The maximum atomic E-state index is 6.18. The van der Waals surface area contributed by atoms with E-state index in [9.17, 15) is 0 Å². The van der Waals surface area contributed by atoms with E-state index in [4.69, 9.17) is 19.2 Å². The minimum atomic E-state index is 0.316. The molecule has 30 heavy (non-hydrogen) atoms. The van der Waals surface area contributed by atoms with E-state index in [1.165, 1.54) is 38.8 Å². The molecule has 7 heteroatoms. The second-order valence-electron chi connectivity index (χ2n) is 8.98. The Morgan fingerprint density at radius 3 is 2.53 bits per heavy atom. The Morgan fingerprint density at radius 2 is 1.87 bits per heavy atom. The van der Waals surface area contributed by atoms with Crippen LogP contribution >= 0.6 is 0 Å². The van der Waals surface area contributed by atoms with Crippen molar-refractivity contribution in [2.45, 2.75) is 64.1 Å². The molecule has 7 nitrogen and oxygen atoms in total. The van der Waals surface area contributed by atoms with Gasteiger partial charge in [-0.3, -0.25) is 4.99 Å². The zero-order valence-electron chi connectivity index (χ0n) is 19.3. The maximum Gasteiger partial charge on any atom is 0.193 e. The Kier molecular flexibility index (Phi) is 10.7. The fraction of sp³-hybridized carbons (Fsp3) is 0.957. The van der Waals surface area contributed by atoms with Crippen LogP contribution in [0.25, 0.3) is 0 Å². The van der Waals surface area contributed by atoms with Gasteiger partial charge in [0.05, 0.1) is 25.4 Å². The Balaban J connectivity index is 1.37. The third-order valence-corrected chi connectivity index (χ3v) is 6.69. The first-order valence-corrected chi connectivity index (χ1v) is 12.3. The molecule has 1 atom stereocenters. The third-order valence-electron chi connectivity index (χ3n) is 6.69. The minimum Gasteiger partial charge on any atom is -0.383 e. The molecule has 3 aliphatic heterocycles. The van der Waals surface area contributed by atoms with Crippen molar-refractivity contribution >= 4 is 5.96 Å². The normalized spacial score (nSPS) is 25.6. The summed E-state index contributed by atoms with van der Waals surface area (Å²) in [5.74, 6) is 1.79. The number of aliphatic imine (C=N–C) groups is 1. The first-order chi connectivity index (χ1) is 14.8. The van der Waals surface area contributed by atoms with Gasteiger partial charge >= 0.3 is 0 Å². The first kappa shape index (κ1) is 23.8. The number of methoxy groups -OCH3 is 1. The molecule has 0 aliphatic carbocycles. The molecule has 0 amide bonds. The average Bonchev–Trinajstić information content (AvgIpc) is 2.81. The molecular formula is C23H44N4O3. The van der Waals surface area contributed by atoms with E-state index >= 15 is 0 Å². The van der Waals surface area contributed by atoms with E-state index in [0.717, 1.165) is 77.8 Å². The van der Waals surface area contributed by atoms with Gasteiger partial charge in [-0.05, 0) is 70.9 Å². The molecule has 0 bridgehead atoms. The standard InChI is InChI=1S/C23H44N4O3/c1-3-24-23(25-18-20-7-11-26(12-8-20)15-17-28-2)27-13-9-21(10-14-27)30-19-22-6-4-5-16-29-22/h20-22H,3-19H2,1-2H3,(H,24,25). The lowest BCUT2D eigenvalue weighted by Crippen LogP contribution is -2.47. The number of hydrogen-bond donors (Lipinski definition) is 1. The summed E-state index contributed by atoms with van der Waals surface area (Å²) in [5, 5.41) is 3.52. The summed E-state index contributed by atoms with van der Waals surface area (Å²) in [4.78, 5) is 9.96. The molecule has 3 saturated heterocycles. The van der Waals surface area contributed by atoms with Crippen molar-refractivity contribution in [2.24, 2.45) is 10.9 Å². The van der Waals surface area contributed by atoms with Crippen LogP contribution in [0.15, 0.2) is 4.99 Å². The summed E-state index contributed by atoms with van der Waals surface area (Å²) >= 11 is 0. The molecule has 0 spiro atoms. The number of rotatable bonds is 9. The quantitative estimate of drug-likeness (QED) is 0.453. The summed E-state index contributed by atoms with van der Waals surface area (Å²) in [6.45, 7) is 12.0. The molecule has 0 aromatic carbocycles. The van der Waals surface area contributed by atoms with E-state index in [1.54, 1.807) is 7.11 Å². The van der Waals surface area contributed by atoms with Gasteiger partial charge in [0.25, 0.3) is 0 Å². The van der Waals surface area contributed by atoms with Crippen LogP contribution in [0, 0.1) is 5.92 Å². The van der Waals surface area contributed by atoms with Crippen LogP contribution in [0.5, 0.6) is 0 Å². The molecule has 1 N–H and O–H groups in total. The predicted octanol–water partition coefficient (Wildman–Crippen LogP) is 2.36. The van der Waals surface area contributed by atoms with Crippen molar-refractivity contribution in [2.75, 3.05) is 72.7 Å². The van der Waals surface area contributed by atoms with Gasteiger partial charge in [0, 0.05) is 46.4 Å². The summed E-state index contributed by atoms with van der Waals surface area (Å²) in [5.41, 5.74) is 0. The second-order valence-corrected chi connectivity index (χ2v) is 8.98. The van der Waals surface area contributed by atoms with E-state index < -0.39 is 0 Å². The third kappa shape index (κ3) is 7.98. The van der Waals surface area contributed by atoms with Crippen LogP contribution in [0.4, 0.5) is 0 Å². The Morgan fingerprint density at radius 1 is 1.07 bits per heavy atom. The highest BCUT2D eigenvalue weighted by atomic mass is 16.5. The summed E-state index contributed by atoms with van der Waals surface area (Å²) in [6, 6.07) is 0. The highest BCUT2D eigenvalue weighted by Gasteiger charge is 2.24. The van der Waals surface area contributed by atoms with Crippen LogP contribution < -0.4 is 5.32 Å². The molecule has 0 aromatic rings. The van der Waals surface area contributed by atoms with Crippen LogP contribution in [-0.2, 0) is 14.2 Å². The fourth-order valence-corrected chi connectivity index (χ4v) is 4.67. The number of ether oxygens (including phenoxy) is 3. The van der Waals surface area contributed by atoms with Crippen molar-refractivity contribution in [3.63, 3.8) is 0 Å². The van der Waals surface area contributed by atoms with Gasteiger partial charge in [-0.25, -0.2) is 0 Å². The lowest BCUT2D eigenvalue weighted by atomic mass is 9.97. The fourth-order valence-electron chi connectivity index (χ4n) is 4.67. The molecule has 3 heterocycles. The number of nitrogens with one attached hydrogen (secondary N) is 1. The maximum absolute atomic E-state index is 6.18. The number of hydrogen-bond acceptors (Lipinski definition) is 5. The number of guanidine groups is 1. The Hall–Kier alpha value is -0.890. The summed E-state index contributed by atoms with van der Waals surface area (Å²) in [7, 11) is 1.78. The van der Waals surface area contributed by atoms with E-state index in [2.05, 4.69) is 22.0 Å². The molecule has 3 aliphatic rings. The molecular weight excluding hydrogens is 380 g/mol. The van der Waals surface area contributed by atoms with Crippen LogP contribution in [0.2, 0.25) is 0 Å². The van der Waals surface area contributed by atoms with Crippen LogP contribution in [0.1, 0.15) is 51.9 Å². The van der Waals surface area contributed by atoms with Crippen LogP contribution in [0.3, 0.4) is 0 Å². The SMILES string of the molecule is CCNC(=NCC1CCN(CCOC)CC1)N1CCC(OCC2CCCCO2)CC1. The first-order valence-electron chi connectivity index (χ1n) is 12.3. The molecule has 1 unspecified atom stereocenters. The summed E-state index contributed by atoms with van der Waals surface area (Å²) < 4.78 is 17.2. The molecule has 3 fully saturated rings. The average molecular weight is 425 g/mol. The lowest BCUT2D eigenvalue weighted by Gasteiger charge is -2.35. The smallest absolute Gasteiger partial charge is 0.193 e. The van der Waals surface area contributed by atoms with Gasteiger partial charge in [-0.15, -0.1) is 0 Å². The van der Waals surface area contributed by atoms with E-state index in [1.807, 2.05) is 0 Å². The molecule has 3 rings (SSSR count). The van der Waals surface area contributed by atoms with Gasteiger partial charge in [0.15, 0.2) is 5.96 Å². The zero-order chi connectivity index (χ0) is 21.0. The van der Waals surface area contributed by atoms with Crippen molar-refractivity contribution in [3.05, 3.63) is 0 Å². The molecule has 0 aromatic heterocycles. The van der Waals surface area contributed by atoms with Crippen molar-refractivity contribution in [1.29, 1.82) is 0 Å². The topological polar surface area (TPSA) is 58.6 Å². The lowest BCUT2D eigenvalue weighted by molar-refractivity contribution is -0.0721. The van der Waals surface area contributed by atoms with E-state index in [0.29, 0.717) is 18.1 Å². The minimum absolute atomic E-state index is 0.316. The summed E-state index contributed by atoms with van der Waals surface area (Å²) in [6.07, 6.45) is 8.96. The van der Waals surface area contributed by atoms with Crippen molar-refractivity contribution in [1.82, 2.24) is 15.1 Å².